The first-order valence-corrected chi connectivity index (χ1v) is 7.65. The van der Waals surface area contributed by atoms with Crippen LogP contribution in [0.4, 0.5) is 4.39 Å². The van der Waals surface area contributed by atoms with Gasteiger partial charge in [0.15, 0.2) is 0 Å². The van der Waals surface area contributed by atoms with Gasteiger partial charge in [0.1, 0.15) is 10.7 Å². The summed E-state index contributed by atoms with van der Waals surface area (Å²) in [5.41, 5.74) is -0.374. The highest BCUT2D eigenvalue weighted by molar-refractivity contribution is 7.89. The fourth-order valence-electron chi connectivity index (χ4n) is 1.52. The second kappa shape index (κ2) is 6.32. The van der Waals surface area contributed by atoms with E-state index in [2.05, 4.69) is 10.0 Å². The SMILES string of the molecule is CC(C)(C)NC(=O)CCNS(=O)(=O)c1ccccc1F. The first-order chi connectivity index (χ1) is 9.12. The van der Waals surface area contributed by atoms with Crippen molar-refractivity contribution in [3.05, 3.63) is 30.1 Å². The van der Waals surface area contributed by atoms with Gasteiger partial charge in [-0.3, -0.25) is 4.79 Å². The molecule has 0 aliphatic carbocycles. The number of halogens is 1. The predicted molar refractivity (Wildman–Crippen MR) is 74.1 cm³/mol. The Hall–Kier alpha value is -1.47. The van der Waals surface area contributed by atoms with Crippen molar-refractivity contribution in [2.24, 2.45) is 0 Å². The summed E-state index contributed by atoms with van der Waals surface area (Å²) in [6, 6.07) is 5.09. The van der Waals surface area contributed by atoms with E-state index in [0.29, 0.717) is 0 Å². The Bertz CT molecular complexity index is 580. The van der Waals surface area contributed by atoms with Crippen molar-refractivity contribution in [3.63, 3.8) is 0 Å². The van der Waals surface area contributed by atoms with Crippen LogP contribution in [0.5, 0.6) is 0 Å². The molecule has 2 N–H and O–H groups in total. The van der Waals surface area contributed by atoms with Gasteiger partial charge in [0.05, 0.1) is 0 Å². The summed E-state index contributed by atoms with van der Waals surface area (Å²) in [4.78, 5) is 11.1. The molecule has 0 aromatic heterocycles. The van der Waals surface area contributed by atoms with Crippen LogP contribution in [0.2, 0.25) is 0 Å². The van der Waals surface area contributed by atoms with Crippen LogP contribution in [0, 0.1) is 5.82 Å². The molecule has 0 spiro atoms. The largest absolute Gasteiger partial charge is 0.351 e. The van der Waals surface area contributed by atoms with Crippen molar-refractivity contribution in [2.45, 2.75) is 37.6 Å². The monoisotopic (exact) mass is 302 g/mol. The molecule has 1 aromatic rings. The minimum atomic E-state index is -3.94. The molecular weight excluding hydrogens is 283 g/mol. The van der Waals surface area contributed by atoms with E-state index in [4.69, 9.17) is 0 Å². The molecule has 0 radical (unpaired) electrons. The Morgan fingerprint density at radius 2 is 1.85 bits per heavy atom. The number of benzene rings is 1. The molecule has 0 heterocycles. The molecule has 0 aliphatic rings. The summed E-state index contributed by atoms with van der Waals surface area (Å²) in [5.74, 6) is -1.09. The van der Waals surface area contributed by atoms with Gasteiger partial charge in [0.2, 0.25) is 15.9 Å². The van der Waals surface area contributed by atoms with Crippen LogP contribution in [0.3, 0.4) is 0 Å². The smallest absolute Gasteiger partial charge is 0.243 e. The summed E-state index contributed by atoms with van der Waals surface area (Å²) in [5, 5.41) is 2.71. The Kier molecular flexibility index (Phi) is 5.24. The molecule has 0 atom stereocenters. The number of rotatable bonds is 5. The van der Waals surface area contributed by atoms with Gasteiger partial charge >= 0.3 is 0 Å². The third-order valence-electron chi connectivity index (χ3n) is 2.28. The summed E-state index contributed by atoms with van der Waals surface area (Å²) in [6.45, 7) is 5.40. The van der Waals surface area contributed by atoms with E-state index < -0.39 is 20.7 Å². The maximum Gasteiger partial charge on any atom is 0.243 e. The van der Waals surface area contributed by atoms with Crippen LogP contribution in [-0.4, -0.2) is 26.4 Å². The normalized spacial score (nSPS) is 12.2. The summed E-state index contributed by atoms with van der Waals surface area (Å²) in [6.07, 6.45) is -0.00898. The van der Waals surface area contributed by atoms with E-state index in [9.17, 15) is 17.6 Å². The molecular formula is C13H19FN2O3S. The number of sulfonamides is 1. The minimum Gasteiger partial charge on any atom is -0.351 e. The molecule has 0 bridgehead atoms. The van der Waals surface area contributed by atoms with E-state index in [1.165, 1.54) is 18.2 Å². The maximum atomic E-state index is 13.4. The molecule has 0 fully saturated rings. The number of hydrogen-bond donors (Lipinski definition) is 2. The number of carbonyl (C=O) groups excluding carboxylic acids is 1. The molecule has 0 saturated carbocycles. The highest BCUT2D eigenvalue weighted by atomic mass is 32.2. The quantitative estimate of drug-likeness (QED) is 0.863. The first kappa shape index (κ1) is 16.6. The van der Waals surface area contributed by atoms with Gasteiger partial charge in [-0.15, -0.1) is 0 Å². The van der Waals surface area contributed by atoms with Gasteiger partial charge in [-0.1, -0.05) is 12.1 Å². The summed E-state index contributed by atoms with van der Waals surface area (Å²) in [7, 11) is -3.94. The van der Waals surface area contributed by atoms with Crippen LogP contribution in [0.25, 0.3) is 0 Å². The van der Waals surface area contributed by atoms with E-state index in [1.807, 2.05) is 20.8 Å². The summed E-state index contributed by atoms with van der Waals surface area (Å²) >= 11 is 0. The third kappa shape index (κ3) is 5.26. The Morgan fingerprint density at radius 1 is 1.25 bits per heavy atom. The molecule has 7 heteroatoms. The Labute approximate surface area is 118 Å². The van der Waals surface area contributed by atoms with Crippen molar-refractivity contribution in [1.29, 1.82) is 0 Å². The van der Waals surface area contributed by atoms with Gasteiger partial charge < -0.3 is 5.32 Å². The average molecular weight is 302 g/mol. The van der Waals surface area contributed by atoms with Crippen LogP contribution in [-0.2, 0) is 14.8 Å². The van der Waals surface area contributed by atoms with Crippen LogP contribution >= 0.6 is 0 Å². The van der Waals surface area contributed by atoms with E-state index in [1.54, 1.807) is 0 Å². The van der Waals surface area contributed by atoms with Gasteiger partial charge in [0.25, 0.3) is 0 Å². The highest BCUT2D eigenvalue weighted by Crippen LogP contribution is 2.12. The van der Waals surface area contributed by atoms with E-state index in [-0.39, 0.29) is 24.4 Å². The lowest BCUT2D eigenvalue weighted by Crippen LogP contribution is -2.42. The second-order valence-electron chi connectivity index (χ2n) is 5.38. The van der Waals surface area contributed by atoms with Gasteiger partial charge in [-0.25, -0.2) is 17.5 Å². The van der Waals surface area contributed by atoms with Crippen molar-refractivity contribution < 1.29 is 17.6 Å². The molecule has 0 unspecified atom stereocenters. The van der Waals surface area contributed by atoms with Crippen LogP contribution < -0.4 is 10.0 Å². The van der Waals surface area contributed by atoms with Crippen molar-refractivity contribution in [2.75, 3.05) is 6.54 Å². The van der Waals surface area contributed by atoms with Crippen LogP contribution in [0.1, 0.15) is 27.2 Å². The zero-order valence-corrected chi connectivity index (χ0v) is 12.6. The molecule has 112 valence electrons. The van der Waals surface area contributed by atoms with E-state index in [0.717, 1.165) is 6.07 Å². The average Bonchev–Trinajstić information content (AvgIpc) is 2.26. The zero-order chi connectivity index (χ0) is 15.4. The standard InChI is InChI=1S/C13H19FN2O3S/c1-13(2,3)16-12(17)8-9-15-20(18,19)11-7-5-4-6-10(11)14/h4-7,15H,8-9H2,1-3H3,(H,16,17). The van der Waals surface area contributed by atoms with Crippen molar-refractivity contribution >= 4 is 15.9 Å². The number of carbonyl (C=O) groups is 1. The summed E-state index contributed by atoms with van der Waals surface area (Å²) < 4.78 is 39.3. The number of amides is 1. The fraction of sp³-hybridized carbons (Fsp3) is 0.462. The molecule has 1 rings (SSSR count). The Balaban J connectivity index is 2.58. The first-order valence-electron chi connectivity index (χ1n) is 6.17. The van der Waals surface area contributed by atoms with Gasteiger partial charge in [0, 0.05) is 18.5 Å². The molecule has 0 saturated heterocycles. The third-order valence-corrected chi connectivity index (χ3v) is 3.78. The van der Waals surface area contributed by atoms with Gasteiger partial charge in [-0.05, 0) is 32.9 Å². The molecule has 1 amide bonds. The Morgan fingerprint density at radius 3 is 2.40 bits per heavy atom. The van der Waals surface area contributed by atoms with E-state index >= 15 is 0 Å². The van der Waals surface area contributed by atoms with Crippen LogP contribution in [0.15, 0.2) is 29.2 Å². The highest BCUT2D eigenvalue weighted by Gasteiger charge is 2.19. The maximum absolute atomic E-state index is 13.4. The fourth-order valence-corrected chi connectivity index (χ4v) is 2.63. The van der Waals surface area contributed by atoms with Gasteiger partial charge in [-0.2, -0.15) is 0 Å². The van der Waals surface area contributed by atoms with Crippen molar-refractivity contribution in [3.8, 4) is 0 Å². The number of nitrogens with one attached hydrogen (secondary N) is 2. The lowest BCUT2D eigenvalue weighted by Gasteiger charge is -2.20. The molecule has 20 heavy (non-hydrogen) atoms. The second-order valence-corrected chi connectivity index (χ2v) is 7.11. The molecule has 0 aliphatic heterocycles. The lowest BCUT2D eigenvalue weighted by molar-refractivity contribution is -0.122. The minimum absolute atomic E-state index is 0.00898. The predicted octanol–water partition coefficient (Wildman–Crippen LogP) is 1.41. The topological polar surface area (TPSA) is 75.3 Å². The molecule has 5 nitrogen and oxygen atoms in total. The zero-order valence-electron chi connectivity index (χ0n) is 11.7. The van der Waals surface area contributed by atoms with Crippen molar-refractivity contribution in [1.82, 2.24) is 10.0 Å². The lowest BCUT2D eigenvalue weighted by atomic mass is 10.1. The number of hydrogen-bond acceptors (Lipinski definition) is 3. The molecule has 1 aromatic carbocycles.